The summed E-state index contributed by atoms with van der Waals surface area (Å²) in [6, 6.07) is 2.49. The molecule has 3 rings (SSSR count). The number of nitrogens with zero attached hydrogens (tertiary/aromatic N) is 3. The Labute approximate surface area is 120 Å². The highest BCUT2D eigenvalue weighted by Crippen LogP contribution is 2.21. The zero-order valence-electron chi connectivity index (χ0n) is 12.2. The van der Waals surface area contributed by atoms with E-state index in [1.807, 2.05) is 24.0 Å². The highest BCUT2D eigenvalue weighted by Gasteiger charge is 2.30. The second-order valence-corrected chi connectivity index (χ2v) is 6.16. The maximum atomic E-state index is 12.3. The molecule has 1 aromatic heterocycles. The Balaban J connectivity index is 1.48. The molecule has 110 valence electrons. The van der Waals surface area contributed by atoms with Crippen LogP contribution in [-0.4, -0.2) is 39.7 Å². The molecule has 1 aromatic rings. The second-order valence-electron chi connectivity index (χ2n) is 6.16. The van der Waals surface area contributed by atoms with Gasteiger partial charge in [0.05, 0.1) is 11.6 Å². The van der Waals surface area contributed by atoms with Crippen molar-refractivity contribution in [2.75, 3.05) is 13.1 Å². The molecule has 0 aromatic carbocycles. The molecule has 2 aliphatic rings. The summed E-state index contributed by atoms with van der Waals surface area (Å²) in [5, 5.41) is 7.42. The first kappa shape index (κ1) is 13.6. The fraction of sp³-hybridized carbons (Fsp3) is 0.733. The van der Waals surface area contributed by atoms with Crippen molar-refractivity contribution in [1.29, 1.82) is 0 Å². The second kappa shape index (κ2) is 5.95. The molecule has 0 bridgehead atoms. The summed E-state index contributed by atoms with van der Waals surface area (Å²) in [6.45, 7) is 2.78. The number of amides is 1. The maximum Gasteiger partial charge on any atom is 0.224 e. The Kier molecular flexibility index (Phi) is 4.05. The Morgan fingerprint density at radius 1 is 1.40 bits per heavy atom. The quantitative estimate of drug-likeness (QED) is 0.902. The van der Waals surface area contributed by atoms with Gasteiger partial charge in [0.1, 0.15) is 0 Å². The van der Waals surface area contributed by atoms with Crippen molar-refractivity contribution in [3.05, 3.63) is 18.0 Å². The zero-order chi connectivity index (χ0) is 13.9. The molecule has 2 fully saturated rings. The van der Waals surface area contributed by atoms with Gasteiger partial charge >= 0.3 is 0 Å². The van der Waals surface area contributed by atoms with Gasteiger partial charge in [-0.05, 0) is 31.9 Å². The van der Waals surface area contributed by atoms with E-state index in [9.17, 15) is 4.79 Å². The Morgan fingerprint density at radius 2 is 2.20 bits per heavy atom. The number of aromatic nitrogens is 2. The van der Waals surface area contributed by atoms with Crippen LogP contribution in [-0.2, 0) is 18.4 Å². The van der Waals surface area contributed by atoms with Crippen LogP contribution in [0.15, 0.2) is 12.3 Å². The minimum Gasteiger partial charge on any atom is -0.353 e. The van der Waals surface area contributed by atoms with E-state index >= 15 is 0 Å². The standard InChI is InChI=1S/C15H24N4O/c1-18-14(6-8-16-18)11-19-9-7-12(10-19)15(20)17-13-4-2-3-5-13/h6,8,12-13H,2-5,7,9-11H2,1H3,(H,17,20)/t12-/m1/s1. The first-order valence-electron chi connectivity index (χ1n) is 7.72. The molecule has 0 spiro atoms. The normalized spacial score (nSPS) is 24.4. The summed E-state index contributed by atoms with van der Waals surface area (Å²) in [4.78, 5) is 14.6. The summed E-state index contributed by atoms with van der Waals surface area (Å²) < 4.78 is 1.91. The van der Waals surface area contributed by atoms with Crippen LogP contribution in [0.3, 0.4) is 0 Å². The predicted octanol–water partition coefficient (Wildman–Crippen LogP) is 1.30. The SMILES string of the molecule is Cn1nccc1CN1CC[C@@H](C(=O)NC2CCCC2)C1. The lowest BCUT2D eigenvalue weighted by Gasteiger charge is -2.17. The summed E-state index contributed by atoms with van der Waals surface area (Å²) in [5.41, 5.74) is 1.21. The van der Waals surface area contributed by atoms with E-state index in [1.165, 1.54) is 18.5 Å². The number of aryl methyl sites for hydroxylation is 1. The van der Waals surface area contributed by atoms with Gasteiger partial charge in [-0.15, -0.1) is 0 Å². The maximum absolute atomic E-state index is 12.3. The highest BCUT2D eigenvalue weighted by molar-refractivity contribution is 5.79. The first-order chi connectivity index (χ1) is 9.72. The molecular formula is C15H24N4O. The van der Waals surface area contributed by atoms with Crippen LogP contribution in [0.25, 0.3) is 0 Å². The van der Waals surface area contributed by atoms with Crippen molar-refractivity contribution in [1.82, 2.24) is 20.0 Å². The van der Waals surface area contributed by atoms with E-state index in [0.717, 1.165) is 38.9 Å². The van der Waals surface area contributed by atoms with Gasteiger partial charge in [0, 0.05) is 32.4 Å². The van der Waals surface area contributed by atoms with Crippen molar-refractivity contribution in [3.8, 4) is 0 Å². The van der Waals surface area contributed by atoms with Crippen molar-refractivity contribution in [2.24, 2.45) is 13.0 Å². The van der Waals surface area contributed by atoms with Gasteiger partial charge in [0.25, 0.3) is 0 Å². The molecule has 0 unspecified atom stereocenters. The topological polar surface area (TPSA) is 50.2 Å². The van der Waals surface area contributed by atoms with Crippen LogP contribution in [0.1, 0.15) is 37.8 Å². The average Bonchev–Trinajstić information content (AvgIpc) is 3.13. The molecule has 1 aliphatic carbocycles. The number of nitrogens with one attached hydrogen (secondary N) is 1. The molecule has 2 heterocycles. The monoisotopic (exact) mass is 276 g/mol. The van der Waals surface area contributed by atoms with E-state index in [2.05, 4.69) is 15.3 Å². The number of rotatable bonds is 4. The minimum absolute atomic E-state index is 0.170. The number of likely N-dealkylation sites (tertiary alicyclic amines) is 1. The van der Waals surface area contributed by atoms with Crippen LogP contribution in [0.2, 0.25) is 0 Å². The highest BCUT2D eigenvalue weighted by atomic mass is 16.2. The summed E-state index contributed by atoms with van der Waals surface area (Å²) in [6.07, 6.45) is 7.67. The van der Waals surface area contributed by atoms with E-state index < -0.39 is 0 Å². The van der Waals surface area contributed by atoms with Gasteiger partial charge in [-0.3, -0.25) is 14.4 Å². The Morgan fingerprint density at radius 3 is 2.90 bits per heavy atom. The van der Waals surface area contributed by atoms with Crippen LogP contribution in [0.5, 0.6) is 0 Å². The summed E-state index contributed by atoms with van der Waals surface area (Å²) in [7, 11) is 1.97. The van der Waals surface area contributed by atoms with Gasteiger partial charge in [-0.2, -0.15) is 5.10 Å². The van der Waals surface area contributed by atoms with Crippen molar-refractivity contribution >= 4 is 5.91 Å². The Hall–Kier alpha value is -1.36. The molecule has 1 N–H and O–H groups in total. The lowest BCUT2D eigenvalue weighted by molar-refractivity contribution is -0.125. The Bertz CT molecular complexity index is 464. The molecule has 1 amide bonds. The molecule has 1 saturated heterocycles. The third-order valence-electron chi connectivity index (χ3n) is 4.65. The minimum atomic E-state index is 0.170. The van der Waals surface area contributed by atoms with E-state index in [-0.39, 0.29) is 11.8 Å². The van der Waals surface area contributed by atoms with Crippen LogP contribution < -0.4 is 5.32 Å². The third kappa shape index (κ3) is 3.03. The number of carbonyl (C=O) groups is 1. The number of hydrogen-bond donors (Lipinski definition) is 1. The smallest absolute Gasteiger partial charge is 0.224 e. The largest absolute Gasteiger partial charge is 0.353 e. The van der Waals surface area contributed by atoms with Crippen LogP contribution in [0, 0.1) is 5.92 Å². The lowest BCUT2D eigenvalue weighted by Crippen LogP contribution is -2.38. The number of carbonyl (C=O) groups excluding carboxylic acids is 1. The van der Waals surface area contributed by atoms with E-state index in [1.54, 1.807) is 0 Å². The summed E-state index contributed by atoms with van der Waals surface area (Å²) in [5.74, 6) is 0.438. The van der Waals surface area contributed by atoms with Gasteiger partial charge in [-0.1, -0.05) is 12.8 Å². The van der Waals surface area contributed by atoms with E-state index in [0.29, 0.717) is 6.04 Å². The molecule has 5 nitrogen and oxygen atoms in total. The van der Waals surface area contributed by atoms with Gasteiger partial charge in [0.15, 0.2) is 0 Å². The fourth-order valence-electron chi connectivity index (χ4n) is 3.36. The molecule has 1 aliphatic heterocycles. The first-order valence-corrected chi connectivity index (χ1v) is 7.72. The fourth-order valence-corrected chi connectivity index (χ4v) is 3.36. The van der Waals surface area contributed by atoms with E-state index in [4.69, 9.17) is 0 Å². The van der Waals surface area contributed by atoms with Crippen molar-refractivity contribution in [3.63, 3.8) is 0 Å². The number of hydrogen-bond acceptors (Lipinski definition) is 3. The third-order valence-corrected chi connectivity index (χ3v) is 4.65. The molecule has 20 heavy (non-hydrogen) atoms. The van der Waals surface area contributed by atoms with Crippen molar-refractivity contribution < 1.29 is 4.79 Å². The average molecular weight is 276 g/mol. The lowest BCUT2D eigenvalue weighted by atomic mass is 10.1. The summed E-state index contributed by atoms with van der Waals surface area (Å²) >= 11 is 0. The predicted molar refractivity (Wildman–Crippen MR) is 77.0 cm³/mol. The molecule has 0 radical (unpaired) electrons. The molecule has 5 heteroatoms. The molecule has 1 saturated carbocycles. The van der Waals surface area contributed by atoms with Crippen LogP contribution >= 0.6 is 0 Å². The van der Waals surface area contributed by atoms with Gasteiger partial charge < -0.3 is 5.32 Å². The van der Waals surface area contributed by atoms with Gasteiger partial charge in [-0.25, -0.2) is 0 Å². The van der Waals surface area contributed by atoms with Crippen molar-refractivity contribution in [2.45, 2.75) is 44.7 Å². The van der Waals surface area contributed by atoms with Gasteiger partial charge in [0.2, 0.25) is 5.91 Å². The molecule has 1 atom stereocenters. The molecular weight excluding hydrogens is 252 g/mol. The van der Waals surface area contributed by atoms with Crippen LogP contribution in [0.4, 0.5) is 0 Å². The zero-order valence-corrected chi connectivity index (χ0v) is 12.2.